The third-order valence-electron chi connectivity index (χ3n) is 6.91. The number of amides is 3. The number of hydrogen-bond donors (Lipinski definition) is 2. The highest BCUT2D eigenvalue weighted by Gasteiger charge is 2.32. The first-order valence-corrected chi connectivity index (χ1v) is 14.8. The Hall–Kier alpha value is -3.99. The third-order valence-corrected chi connectivity index (χ3v) is 8.07. The predicted octanol–water partition coefficient (Wildman–Crippen LogP) is 4.75. The van der Waals surface area contributed by atoms with Crippen molar-refractivity contribution < 1.29 is 19.1 Å². The van der Waals surface area contributed by atoms with Gasteiger partial charge in [0.25, 0.3) is 5.91 Å². The molecule has 1 aromatic heterocycles. The Morgan fingerprint density at radius 3 is 2.54 bits per heavy atom. The first-order chi connectivity index (χ1) is 19.6. The number of likely N-dealkylation sites (N-methyl/N-ethyl adjacent to an activating group) is 1. The van der Waals surface area contributed by atoms with E-state index < -0.39 is 23.6 Å². The van der Waals surface area contributed by atoms with E-state index in [1.807, 2.05) is 30.3 Å². The van der Waals surface area contributed by atoms with E-state index in [0.717, 1.165) is 34.9 Å². The molecule has 3 heterocycles. The van der Waals surface area contributed by atoms with E-state index in [0.29, 0.717) is 12.3 Å². The number of hydrogen-bond acceptors (Lipinski definition) is 7. The molecule has 10 nitrogen and oxygen atoms in total. The van der Waals surface area contributed by atoms with Crippen molar-refractivity contribution in [3.8, 4) is 0 Å². The van der Waals surface area contributed by atoms with Crippen LogP contribution in [0.15, 0.2) is 59.6 Å². The normalized spacial score (nSPS) is 17.2. The van der Waals surface area contributed by atoms with Gasteiger partial charge in [-0.2, -0.15) is 5.10 Å². The second kappa shape index (κ2) is 11.9. The van der Waals surface area contributed by atoms with Crippen LogP contribution in [0.5, 0.6) is 0 Å². The lowest BCUT2D eigenvalue weighted by Crippen LogP contribution is -2.48. The maximum absolute atomic E-state index is 13.6. The second-order valence-corrected chi connectivity index (χ2v) is 12.3. The molecule has 0 radical (unpaired) electrons. The van der Waals surface area contributed by atoms with Crippen LogP contribution in [-0.2, 0) is 16.1 Å². The van der Waals surface area contributed by atoms with Crippen LogP contribution >= 0.6 is 11.8 Å². The van der Waals surface area contributed by atoms with Crippen molar-refractivity contribution in [2.75, 3.05) is 41.0 Å². The molecule has 3 amide bonds. The zero-order chi connectivity index (χ0) is 29.1. The summed E-state index contributed by atoms with van der Waals surface area (Å²) in [4.78, 5) is 44.6. The molecule has 0 unspecified atom stereocenters. The number of carbonyl (C=O) groups is 3. The van der Waals surface area contributed by atoms with Gasteiger partial charge in [0, 0.05) is 42.7 Å². The Morgan fingerprint density at radius 2 is 1.83 bits per heavy atom. The zero-order valence-corrected chi connectivity index (χ0v) is 24.7. The number of rotatable bonds is 6. The minimum atomic E-state index is -0.784. The van der Waals surface area contributed by atoms with Gasteiger partial charge in [0.1, 0.15) is 11.6 Å². The van der Waals surface area contributed by atoms with Gasteiger partial charge in [-0.1, -0.05) is 30.3 Å². The van der Waals surface area contributed by atoms with E-state index in [2.05, 4.69) is 38.8 Å². The number of benzene rings is 2. The zero-order valence-electron chi connectivity index (χ0n) is 23.8. The Bertz CT molecular complexity index is 1430. The quantitative estimate of drug-likeness (QED) is 0.436. The highest BCUT2D eigenvalue weighted by molar-refractivity contribution is 7.99. The molecule has 0 saturated carbocycles. The Labute approximate surface area is 244 Å². The second-order valence-electron chi connectivity index (χ2n) is 11.3. The number of anilines is 3. The molecule has 11 heteroatoms. The molecule has 1 atom stereocenters. The monoisotopic (exact) mass is 576 g/mol. The maximum atomic E-state index is 13.6. The molecule has 216 valence electrons. The van der Waals surface area contributed by atoms with Gasteiger partial charge < -0.3 is 19.9 Å². The van der Waals surface area contributed by atoms with Gasteiger partial charge in [-0.15, -0.1) is 11.8 Å². The summed E-state index contributed by atoms with van der Waals surface area (Å²) in [5, 5.41) is 10.0. The molecule has 0 bridgehead atoms. The summed E-state index contributed by atoms with van der Waals surface area (Å²) in [6.07, 6.45) is 3.23. The molecule has 0 spiro atoms. The van der Waals surface area contributed by atoms with Crippen molar-refractivity contribution in [1.82, 2.24) is 15.1 Å². The molecular formula is C30H36N6O4S. The van der Waals surface area contributed by atoms with Crippen LogP contribution in [0, 0.1) is 0 Å². The Kier molecular flexibility index (Phi) is 8.25. The molecule has 0 aliphatic carbocycles. The number of carbonyl (C=O) groups excluding carboxylic acids is 3. The first kappa shape index (κ1) is 28.5. The van der Waals surface area contributed by atoms with Gasteiger partial charge in [-0.05, 0) is 57.4 Å². The minimum Gasteiger partial charge on any atom is -0.444 e. The highest BCUT2D eigenvalue weighted by atomic mass is 32.2. The Morgan fingerprint density at radius 1 is 1.10 bits per heavy atom. The number of nitrogens with one attached hydrogen (secondary N) is 2. The van der Waals surface area contributed by atoms with E-state index in [-0.39, 0.29) is 17.3 Å². The van der Waals surface area contributed by atoms with E-state index >= 15 is 0 Å². The highest BCUT2D eigenvalue weighted by Crippen LogP contribution is 2.37. The van der Waals surface area contributed by atoms with Gasteiger partial charge in [0.2, 0.25) is 5.91 Å². The van der Waals surface area contributed by atoms with Crippen LogP contribution < -0.4 is 20.4 Å². The molecular weight excluding hydrogens is 540 g/mol. The van der Waals surface area contributed by atoms with Gasteiger partial charge in [-0.3, -0.25) is 19.6 Å². The van der Waals surface area contributed by atoms with Crippen LogP contribution in [0.3, 0.4) is 0 Å². The topological polar surface area (TPSA) is 109 Å². The molecule has 2 aliphatic heterocycles. The van der Waals surface area contributed by atoms with E-state index in [1.54, 1.807) is 43.6 Å². The molecule has 5 rings (SSSR count). The fourth-order valence-corrected chi connectivity index (χ4v) is 6.01. The largest absolute Gasteiger partial charge is 0.444 e. The smallest absolute Gasteiger partial charge is 0.412 e. The summed E-state index contributed by atoms with van der Waals surface area (Å²) in [7, 11) is 1.74. The SMILES string of the molecule is CN1C(=O)[C@@H](NC(=O)c2nn(Cc3ccccc3)cc2NC(=O)OC(C)(C)C)CSc2ccc(N3CCCC3)cc21. The fraction of sp³-hybridized carbons (Fsp3) is 0.400. The number of fused-ring (bicyclic) bond motifs is 1. The summed E-state index contributed by atoms with van der Waals surface area (Å²) in [6.45, 7) is 7.70. The fourth-order valence-electron chi connectivity index (χ4n) is 4.93. The first-order valence-electron chi connectivity index (χ1n) is 13.8. The summed E-state index contributed by atoms with van der Waals surface area (Å²) in [5.41, 5.74) is 2.41. The molecule has 2 N–H and O–H groups in total. The van der Waals surface area contributed by atoms with Crippen LogP contribution in [0.25, 0.3) is 0 Å². The summed E-state index contributed by atoms with van der Waals surface area (Å²) < 4.78 is 6.98. The minimum absolute atomic E-state index is 0.00493. The summed E-state index contributed by atoms with van der Waals surface area (Å²) in [6, 6.07) is 15.1. The van der Waals surface area contributed by atoms with Gasteiger partial charge in [-0.25, -0.2) is 4.79 Å². The number of aromatic nitrogens is 2. The lowest BCUT2D eigenvalue weighted by atomic mass is 10.2. The lowest BCUT2D eigenvalue weighted by molar-refractivity contribution is -0.119. The summed E-state index contributed by atoms with van der Waals surface area (Å²) in [5.74, 6) is -0.405. The third kappa shape index (κ3) is 6.84. The number of thioether (sulfide) groups is 1. The van der Waals surface area contributed by atoms with Crippen molar-refractivity contribution in [2.24, 2.45) is 0 Å². The van der Waals surface area contributed by atoms with Gasteiger partial charge in [0.15, 0.2) is 5.69 Å². The van der Waals surface area contributed by atoms with Crippen LogP contribution in [0.2, 0.25) is 0 Å². The average Bonchev–Trinajstić information content (AvgIpc) is 3.58. The van der Waals surface area contributed by atoms with Crippen molar-refractivity contribution in [3.05, 3.63) is 66.0 Å². The van der Waals surface area contributed by atoms with Crippen LogP contribution in [-0.4, -0.2) is 65.2 Å². The van der Waals surface area contributed by atoms with Crippen molar-refractivity contribution >= 4 is 46.7 Å². The van der Waals surface area contributed by atoms with Crippen LogP contribution in [0.4, 0.5) is 21.9 Å². The molecule has 1 saturated heterocycles. The standard InChI is InChI=1S/C30H36N6O4S/c1-30(2,3)40-29(39)32-22-18-36(17-20-10-6-5-7-11-20)33-26(22)27(37)31-23-19-41-25-13-12-21(35-14-8-9-15-35)16-24(25)34(4)28(23)38/h5-7,10-13,16,18,23H,8-9,14-15,17,19H2,1-4H3,(H,31,37)(H,32,39)/t23-/m0/s1. The van der Waals surface area contributed by atoms with Gasteiger partial charge in [0.05, 0.1) is 17.9 Å². The molecule has 2 aliphatic rings. The van der Waals surface area contributed by atoms with Crippen molar-refractivity contribution in [1.29, 1.82) is 0 Å². The van der Waals surface area contributed by atoms with E-state index in [1.165, 1.54) is 24.6 Å². The average molecular weight is 577 g/mol. The van der Waals surface area contributed by atoms with E-state index in [9.17, 15) is 14.4 Å². The van der Waals surface area contributed by atoms with E-state index in [4.69, 9.17) is 4.74 Å². The molecule has 3 aromatic rings. The Balaban J connectivity index is 1.35. The maximum Gasteiger partial charge on any atom is 0.412 e. The lowest BCUT2D eigenvalue weighted by Gasteiger charge is -2.24. The van der Waals surface area contributed by atoms with Crippen molar-refractivity contribution in [2.45, 2.75) is 56.7 Å². The number of nitrogens with zero attached hydrogens (tertiary/aromatic N) is 4. The van der Waals surface area contributed by atoms with Gasteiger partial charge >= 0.3 is 6.09 Å². The van der Waals surface area contributed by atoms with Crippen LogP contribution in [0.1, 0.15) is 49.7 Å². The summed E-state index contributed by atoms with van der Waals surface area (Å²) >= 11 is 1.53. The molecule has 1 fully saturated rings. The molecule has 2 aromatic carbocycles. The van der Waals surface area contributed by atoms with Crippen molar-refractivity contribution in [3.63, 3.8) is 0 Å². The number of ether oxygens (including phenoxy) is 1. The molecule has 41 heavy (non-hydrogen) atoms. The predicted molar refractivity (Wildman–Crippen MR) is 161 cm³/mol.